The standard InChI is InChI=1S/C15H28N4/c1-4-17-15(2,12-16)8-10-19-9-7-13-5-6-14(11-19)18(13)3/h13-14,17H,4-11H2,1-3H3. The zero-order valence-electron chi connectivity index (χ0n) is 12.7. The van der Waals surface area contributed by atoms with Crippen molar-refractivity contribution in [2.24, 2.45) is 0 Å². The van der Waals surface area contributed by atoms with Crippen molar-refractivity contribution in [2.75, 3.05) is 33.2 Å². The molecule has 0 amide bonds. The molecule has 0 saturated carbocycles. The summed E-state index contributed by atoms with van der Waals surface area (Å²) >= 11 is 0. The maximum absolute atomic E-state index is 9.31. The number of rotatable bonds is 5. The first kappa shape index (κ1) is 14.8. The molecule has 2 aliphatic rings. The minimum Gasteiger partial charge on any atom is -0.302 e. The van der Waals surface area contributed by atoms with Crippen molar-refractivity contribution in [3.63, 3.8) is 0 Å². The Labute approximate surface area is 117 Å². The summed E-state index contributed by atoms with van der Waals surface area (Å²) in [5.41, 5.74) is -0.369. The van der Waals surface area contributed by atoms with E-state index < -0.39 is 0 Å². The third kappa shape index (κ3) is 3.47. The molecule has 2 aliphatic heterocycles. The van der Waals surface area contributed by atoms with E-state index in [9.17, 15) is 5.26 Å². The zero-order valence-corrected chi connectivity index (χ0v) is 12.7. The van der Waals surface area contributed by atoms with Gasteiger partial charge in [0.25, 0.3) is 0 Å². The number of nitrogens with zero attached hydrogens (tertiary/aromatic N) is 3. The molecule has 0 aromatic rings. The van der Waals surface area contributed by atoms with E-state index in [2.05, 4.69) is 35.2 Å². The van der Waals surface area contributed by atoms with Gasteiger partial charge in [-0.15, -0.1) is 0 Å². The second kappa shape index (κ2) is 6.21. The average Bonchev–Trinajstić information content (AvgIpc) is 2.63. The number of hydrogen-bond donors (Lipinski definition) is 1. The number of likely N-dealkylation sites (N-methyl/N-ethyl adjacent to an activating group) is 1. The summed E-state index contributed by atoms with van der Waals surface area (Å²) < 4.78 is 0. The van der Waals surface area contributed by atoms with Crippen LogP contribution < -0.4 is 5.32 Å². The quantitative estimate of drug-likeness (QED) is 0.816. The fourth-order valence-corrected chi connectivity index (χ4v) is 3.54. The molecular weight excluding hydrogens is 236 g/mol. The smallest absolute Gasteiger partial charge is 0.105 e. The predicted octanol–water partition coefficient (Wildman–Crippen LogP) is 1.44. The van der Waals surface area contributed by atoms with Crippen LogP contribution >= 0.6 is 0 Å². The van der Waals surface area contributed by atoms with Crippen LogP contribution in [0, 0.1) is 11.3 Å². The monoisotopic (exact) mass is 264 g/mol. The van der Waals surface area contributed by atoms with E-state index in [0.29, 0.717) is 0 Å². The Morgan fingerprint density at radius 3 is 2.74 bits per heavy atom. The highest BCUT2D eigenvalue weighted by atomic mass is 15.3. The number of hydrogen-bond acceptors (Lipinski definition) is 4. The normalized spacial score (nSPS) is 31.7. The van der Waals surface area contributed by atoms with E-state index in [0.717, 1.165) is 31.6 Å². The van der Waals surface area contributed by atoms with Crippen molar-refractivity contribution in [2.45, 2.75) is 57.2 Å². The summed E-state index contributed by atoms with van der Waals surface area (Å²) in [5, 5.41) is 12.6. The Kier molecular flexibility index (Phi) is 4.83. The van der Waals surface area contributed by atoms with Crippen LogP contribution in [-0.4, -0.2) is 60.6 Å². The maximum Gasteiger partial charge on any atom is 0.105 e. The van der Waals surface area contributed by atoms with Crippen LogP contribution in [0.25, 0.3) is 0 Å². The van der Waals surface area contributed by atoms with Gasteiger partial charge in [-0.05, 0) is 52.7 Å². The minimum absolute atomic E-state index is 0.369. The first-order valence-corrected chi connectivity index (χ1v) is 7.68. The van der Waals surface area contributed by atoms with Crippen molar-refractivity contribution in [3.8, 4) is 6.07 Å². The SMILES string of the molecule is CCNC(C)(C#N)CCN1CCC2CCC(C1)N2C. The van der Waals surface area contributed by atoms with E-state index >= 15 is 0 Å². The maximum atomic E-state index is 9.31. The lowest BCUT2D eigenvalue weighted by atomic mass is 9.99. The van der Waals surface area contributed by atoms with Gasteiger partial charge in [0.2, 0.25) is 0 Å². The number of fused-ring (bicyclic) bond motifs is 2. The van der Waals surface area contributed by atoms with Crippen LogP contribution in [0.5, 0.6) is 0 Å². The molecule has 0 aromatic carbocycles. The molecule has 2 rings (SSSR count). The van der Waals surface area contributed by atoms with E-state index in [1.807, 2.05) is 6.92 Å². The number of nitrogens with one attached hydrogen (secondary N) is 1. The summed E-state index contributed by atoms with van der Waals surface area (Å²) in [6, 6.07) is 3.96. The lowest BCUT2D eigenvalue weighted by Gasteiger charge is -2.29. The van der Waals surface area contributed by atoms with Crippen molar-refractivity contribution >= 4 is 0 Å². The van der Waals surface area contributed by atoms with Crippen LogP contribution in [0.2, 0.25) is 0 Å². The highest BCUT2D eigenvalue weighted by Crippen LogP contribution is 2.28. The molecule has 2 saturated heterocycles. The average molecular weight is 264 g/mol. The third-order valence-electron chi connectivity index (χ3n) is 4.97. The topological polar surface area (TPSA) is 42.3 Å². The van der Waals surface area contributed by atoms with Gasteiger partial charge in [0.05, 0.1) is 6.07 Å². The summed E-state index contributed by atoms with van der Waals surface area (Å²) in [6.07, 6.45) is 4.93. The zero-order chi connectivity index (χ0) is 13.9. The van der Waals surface area contributed by atoms with Crippen LogP contribution in [0.4, 0.5) is 0 Å². The van der Waals surface area contributed by atoms with Crippen LogP contribution in [0.3, 0.4) is 0 Å². The fraction of sp³-hybridized carbons (Fsp3) is 0.933. The Bertz CT molecular complexity index is 338. The van der Waals surface area contributed by atoms with Gasteiger partial charge >= 0.3 is 0 Å². The fourth-order valence-electron chi connectivity index (χ4n) is 3.54. The Morgan fingerprint density at radius 2 is 2.05 bits per heavy atom. The molecule has 3 atom stereocenters. The Morgan fingerprint density at radius 1 is 1.32 bits per heavy atom. The summed E-state index contributed by atoms with van der Waals surface area (Å²) in [4.78, 5) is 5.14. The number of likely N-dealkylation sites (tertiary alicyclic amines) is 1. The molecule has 19 heavy (non-hydrogen) atoms. The third-order valence-corrected chi connectivity index (χ3v) is 4.97. The van der Waals surface area contributed by atoms with E-state index in [4.69, 9.17) is 0 Å². The molecule has 4 heteroatoms. The second-order valence-electron chi connectivity index (χ2n) is 6.36. The molecule has 2 fully saturated rings. The van der Waals surface area contributed by atoms with Crippen molar-refractivity contribution < 1.29 is 0 Å². The van der Waals surface area contributed by atoms with Gasteiger partial charge in [-0.1, -0.05) is 6.92 Å². The molecule has 2 bridgehead atoms. The molecule has 0 radical (unpaired) electrons. The van der Waals surface area contributed by atoms with Gasteiger partial charge in [-0.2, -0.15) is 5.26 Å². The lowest BCUT2D eigenvalue weighted by Crippen LogP contribution is -2.45. The molecule has 108 valence electrons. The van der Waals surface area contributed by atoms with Gasteiger partial charge < -0.3 is 4.90 Å². The Hall–Kier alpha value is -0.630. The van der Waals surface area contributed by atoms with Gasteiger partial charge in [0, 0.05) is 25.2 Å². The summed E-state index contributed by atoms with van der Waals surface area (Å²) in [6.45, 7) is 8.35. The van der Waals surface area contributed by atoms with Crippen LogP contribution in [0.1, 0.15) is 39.5 Å². The Balaban J connectivity index is 1.85. The van der Waals surface area contributed by atoms with E-state index in [1.54, 1.807) is 0 Å². The molecule has 1 N–H and O–H groups in total. The lowest BCUT2D eigenvalue weighted by molar-refractivity contribution is 0.208. The predicted molar refractivity (Wildman–Crippen MR) is 77.9 cm³/mol. The van der Waals surface area contributed by atoms with E-state index in [-0.39, 0.29) is 5.54 Å². The van der Waals surface area contributed by atoms with Crippen molar-refractivity contribution in [1.82, 2.24) is 15.1 Å². The molecule has 0 aromatic heterocycles. The van der Waals surface area contributed by atoms with Crippen LogP contribution in [0.15, 0.2) is 0 Å². The number of nitriles is 1. The van der Waals surface area contributed by atoms with Gasteiger partial charge in [-0.3, -0.25) is 10.2 Å². The van der Waals surface area contributed by atoms with Gasteiger partial charge in [-0.25, -0.2) is 0 Å². The summed E-state index contributed by atoms with van der Waals surface area (Å²) in [5.74, 6) is 0. The molecule has 3 unspecified atom stereocenters. The highest BCUT2D eigenvalue weighted by Gasteiger charge is 2.35. The summed E-state index contributed by atoms with van der Waals surface area (Å²) in [7, 11) is 2.28. The minimum atomic E-state index is -0.369. The first-order chi connectivity index (χ1) is 9.08. The molecule has 0 aliphatic carbocycles. The van der Waals surface area contributed by atoms with Gasteiger partial charge in [0.1, 0.15) is 5.54 Å². The first-order valence-electron chi connectivity index (χ1n) is 7.68. The largest absolute Gasteiger partial charge is 0.302 e. The molecule has 0 spiro atoms. The van der Waals surface area contributed by atoms with Gasteiger partial charge in [0.15, 0.2) is 0 Å². The molecule has 4 nitrogen and oxygen atoms in total. The molecular formula is C15H28N4. The molecule has 2 heterocycles. The van der Waals surface area contributed by atoms with E-state index in [1.165, 1.54) is 32.4 Å². The van der Waals surface area contributed by atoms with Crippen molar-refractivity contribution in [1.29, 1.82) is 5.26 Å². The van der Waals surface area contributed by atoms with Crippen LogP contribution in [-0.2, 0) is 0 Å². The highest BCUT2D eigenvalue weighted by molar-refractivity contribution is 5.04. The second-order valence-corrected chi connectivity index (χ2v) is 6.36. The van der Waals surface area contributed by atoms with Crippen molar-refractivity contribution in [3.05, 3.63) is 0 Å².